The third-order valence-corrected chi connectivity index (χ3v) is 4.67. The molecular formula is C18H17NS. The minimum atomic E-state index is 1.20. The maximum absolute atomic E-state index is 2.33. The molecule has 3 rings (SSSR count). The molecule has 0 saturated heterocycles. The van der Waals surface area contributed by atoms with Crippen LogP contribution in [0.1, 0.15) is 11.1 Å². The number of hydrogen-bond acceptors (Lipinski definition) is 2. The van der Waals surface area contributed by atoms with Crippen LogP contribution >= 0.6 is 11.3 Å². The van der Waals surface area contributed by atoms with Crippen LogP contribution in [-0.2, 0) is 0 Å². The van der Waals surface area contributed by atoms with E-state index in [0.29, 0.717) is 0 Å². The summed E-state index contributed by atoms with van der Waals surface area (Å²) in [6.45, 7) is 4.36. The number of aryl methyl sites for hydroxylation is 1. The van der Waals surface area contributed by atoms with Gasteiger partial charge in [-0.15, -0.1) is 11.3 Å². The van der Waals surface area contributed by atoms with Gasteiger partial charge in [-0.3, -0.25) is 0 Å². The zero-order chi connectivity index (χ0) is 13.9. The van der Waals surface area contributed by atoms with E-state index in [0.717, 1.165) is 0 Å². The van der Waals surface area contributed by atoms with E-state index in [-0.39, 0.29) is 0 Å². The van der Waals surface area contributed by atoms with Crippen molar-refractivity contribution in [3.05, 3.63) is 77.2 Å². The molecule has 1 nitrogen and oxygen atoms in total. The lowest BCUT2D eigenvalue weighted by molar-refractivity contribution is 1.27. The number of benzene rings is 2. The average Bonchev–Trinajstić information content (AvgIpc) is 2.82. The smallest absolute Gasteiger partial charge is 0.103 e. The first kappa shape index (κ1) is 12.9. The first-order chi connectivity index (χ1) is 9.77. The molecule has 1 aromatic heterocycles. The molecule has 100 valence electrons. The molecule has 0 atom stereocenters. The predicted molar refractivity (Wildman–Crippen MR) is 88.5 cm³/mol. The predicted octanol–water partition coefficient (Wildman–Crippen LogP) is 5.83. The molecule has 2 heteroatoms. The third kappa shape index (κ3) is 2.35. The van der Waals surface area contributed by atoms with Crippen LogP contribution in [0.3, 0.4) is 0 Å². The SMILES string of the molecule is Cc1csc(N(c2ccccc2)c2ccccc2)c1C. The second kappa shape index (κ2) is 5.51. The summed E-state index contributed by atoms with van der Waals surface area (Å²) in [6.07, 6.45) is 0. The van der Waals surface area contributed by atoms with Crippen molar-refractivity contribution in [2.24, 2.45) is 0 Å². The molecule has 1 heterocycles. The Morgan fingerprint density at radius 2 is 1.25 bits per heavy atom. The highest BCUT2D eigenvalue weighted by atomic mass is 32.1. The van der Waals surface area contributed by atoms with Crippen molar-refractivity contribution in [3.63, 3.8) is 0 Å². The van der Waals surface area contributed by atoms with Crippen molar-refractivity contribution in [1.29, 1.82) is 0 Å². The molecule has 20 heavy (non-hydrogen) atoms. The molecule has 0 bridgehead atoms. The lowest BCUT2D eigenvalue weighted by atomic mass is 10.2. The topological polar surface area (TPSA) is 3.24 Å². The highest BCUT2D eigenvalue weighted by Gasteiger charge is 2.16. The van der Waals surface area contributed by atoms with E-state index < -0.39 is 0 Å². The van der Waals surface area contributed by atoms with Crippen LogP contribution in [0.5, 0.6) is 0 Å². The maximum Gasteiger partial charge on any atom is 0.103 e. The van der Waals surface area contributed by atoms with E-state index in [1.165, 1.54) is 27.5 Å². The van der Waals surface area contributed by atoms with Gasteiger partial charge in [0.25, 0.3) is 0 Å². The summed E-state index contributed by atoms with van der Waals surface area (Å²) in [5.41, 5.74) is 5.09. The molecule has 3 aromatic rings. The standard InChI is InChI=1S/C18H17NS/c1-14-13-20-18(15(14)2)19(16-9-5-3-6-10-16)17-11-7-4-8-12-17/h3-13H,1-2H3. The number of hydrogen-bond donors (Lipinski definition) is 0. The van der Waals surface area contributed by atoms with E-state index in [1.807, 2.05) is 0 Å². The largest absolute Gasteiger partial charge is 0.302 e. The van der Waals surface area contributed by atoms with Gasteiger partial charge in [-0.2, -0.15) is 0 Å². The van der Waals surface area contributed by atoms with Crippen LogP contribution in [0.25, 0.3) is 0 Å². The van der Waals surface area contributed by atoms with Crippen LogP contribution < -0.4 is 4.90 Å². The Morgan fingerprint density at radius 3 is 1.65 bits per heavy atom. The minimum Gasteiger partial charge on any atom is -0.302 e. The molecular weight excluding hydrogens is 262 g/mol. The van der Waals surface area contributed by atoms with Gasteiger partial charge in [0.2, 0.25) is 0 Å². The molecule has 0 fully saturated rings. The van der Waals surface area contributed by atoms with Crippen molar-refractivity contribution in [2.45, 2.75) is 13.8 Å². The quantitative estimate of drug-likeness (QED) is 0.582. The van der Waals surface area contributed by atoms with Gasteiger partial charge in [-0.1, -0.05) is 36.4 Å². The van der Waals surface area contributed by atoms with E-state index in [2.05, 4.69) is 84.8 Å². The zero-order valence-electron chi connectivity index (χ0n) is 11.7. The van der Waals surface area contributed by atoms with Gasteiger partial charge in [-0.25, -0.2) is 0 Å². The van der Waals surface area contributed by atoms with Crippen LogP contribution in [0.4, 0.5) is 16.4 Å². The Hall–Kier alpha value is -2.06. The van der Waals surface area contributed by atoms with Gasteiger partial charge < -0.3 is 4.90 Å². The molecule has 0 spiro atoms. The number of thiophene rings is 1. The Bertz CT molecular complexity index is 646. The first-order valence-electron chi connectivity index (χ1n) is 6.72. The van der Waals surface area contributed by atoms with Crippen molar-refractivity contribution in [3.8, 4) is 0 Å². The van der Waals surface area contributed by atoms with Crippen molar-refractivity contribution in [1.82, 2.24) is 0 Å². The van der Waals surface area contributed by atoms with Crippen molar-refractivity contribution < 1.29 is 0 Å². The highest BCUT2D eigenvalue weighted by Crippen LogP contribution is 2.40. The van der Waals surface area contributed by atoms with Gasteiger partial charge in [0.1, 0.15) is 5.00 Å². The van der Waals surface area contributed by atoms with Gasteiger partial charge >= 0.3 is 0 Å². The van der Waals surface area contributed by atoms with Crippen LogP contribution in [-0.4, -0.2) is 0 Å². The van der Waals surface area contributed by atoms with Gasteiger partial charge in [0.05, 0.1) is 0 Å². The number of nitrogens with zero attached hydrogens (tertiary/aromatic N) is 1. The maximum atomic E-state index is 2.33. The van der Waals surface area contributed by atoms with Gasteiger partial charge in [0.15, 0.2) is 0 Å². The molecule has 0 saturated carbocycles. The van der Waals surface area contributed by atoms with E-state index in [4.69, 9.17) is 0 Å². The summed E-state index contributed by atoms with van der Waals surface area (Å²) in [5.74, 6) is 0. The normalized spacial score (nSPS) is 10.5. The van der Waals surface area contributed by atoms with Crippen LogP contribution in [0.2, 0.25) is 0 Å². The summed E-state index contributed by atoms with van der Waals surface area (Å²) in [4.78, 5) is 2.33. The Morgan fingerprint density at radius 1 is 0.750 bits per heavy atom. The molecule has 0 radical (unpaired) electrons. The minimum absolute atomic E-state index is 1.20. The summed E-state index contributed by atoms with van der Waals surface area (Å²) in [6, 6.07) is 21.1. The van der Waals surface area contributed by atoms with E-state index >= 15 is 0 Å². The van der Waals surface area contributed by atoms with Gasteiger partial charge in [-0.05, 0) is 54.6 Å². The summed E-state index contributed by atoms with van der Waals surface area (Å²) in [7, 11) is 0. The molecule has 2 aromatic carbocycles. The van der Waals surface area contributed by atoms with Crippen molar-refractivity contribution in [2.75, 3.05) is 4.90 Å². The number of para-hydroxylation sites is 2. The molecule has 0 aliphatic carbocycles. The zero-order valence-corrected chi connectivity index (χ0v) is 12.5. The van der Waals surface area contributed by atoms with Crippen molar-refractivity contribution >= 4 is 27.7 Å². The number of rotatable bonds is 3. The number of anilines is 3. The monoisotopic (exact) mass is 279 g/mol. The second-order valence-corrected chi connectivity index (χ2v) is 5.71. The second-order valence-electron chi connectivity index (χ2n) is 4.86. The van der Waals surface area contributed by atoms with E-state index in [9.17, 15) is 0 Å². The Labute approximate surface area is 124 Å². The molecule has 0 amide bonds. The molecule has 0 N–H and O–H groups in total. The summed E-state index contributed by atoms with van der Waals surface area (Å²) < 4.78 is 0. The highest BCUT2D eigenvalue weighted by molar-refractivity contribution is 7.14. The van der Waals surface area contributed by atoms with Gasteiger partial charge in [0, 0.05) is 11.4 Å². The molecule has 0 aliphatic heterocycles. The lowest BCUT2D eigenvalue weighted by Crippen LogP contribution is -2.09. The van der Waals surface area contributed by atoms with Crippen LogP contribution in [0.15, 0.2) is 66.0 Å². The Kier molecular flexibility index (Phi) is 3.57. The van der Waals surface area contributed by atoms with E-state index in [1.54, 1.807) is 11.3 Å². The molecule has 0 aliphatic rings. The fourth-order valence-corrected chi connectivity index (χ4v) is 3.37. The Balaban J connectivity index is 2.17. The summed E-state index contributed by atoms with van der Waals surface area (Å²) in [5, 5.41) is 3.52. The molecule has 0 unspecified atom stereocenters. The summed E-state index contributed by atoms with van der Waals surface area (Å²) >= 11 is 1.80. The fraction of sp³-hybridized carbons (Fsp3) is 0.111. The van der Waals surface area contributed by atoms with Crippen LogP contribution in [0, 0.1) is 13.8 Å². The first-order valence-corrected chi connectivity index (χ1v) is 7.60. The third-order valence-electron chi connectivity index (χ3n) is 3.49. The lowest BCUT2D eigenvalue weighted by Gasteiger charge is -2.24. The average molecular weight is 279 g/mol. The fourth-order valence-electron chi connectivity index (χ4n) is 2.25.